The average molecular weight is 345 g/mol. The third-order valence-corrected chi connectivity index (χ3v) is 5.42. The lowest BCUT2D eigenvalue weighted by molar-refractivity contribution is 0.0642. The van der Waals surface area contributed by atoms with Gasteiger partial charge in [-0.25, -0.2) is 0 Å². The van der Waals surface area contributed by atoms with Crippen LogP contribution in [0.15, 0.2) is 24.3 Å². The highest BCUT2D eigenvalue weighted by atomic mass is 16.3. The van der Waals surface area contributed by atoms with Crippen molar-refractivity contribution in [3.8, 4) is 0 Å². The van der Waals surface area contributed by atoms with Crippen molar-refractivity contribution in [2.45, 2.75) is 51.2 Å². The van der Waals surface area contributed by atoms with Crippen LogP contribution in [0.3, 0.4) is 0 Å². The molecule has 0 aromatic heterocycles. The summed E-state index contributed by atoms with van der Waals surface area (Å²) in [6.07, 6.45) is 4.55. The van der Waals surface area contributed by atoms with Crippen molar-refractivity contribution in [3.05, 3.63) is 29.8 Å². The number of hydrogen-bond donors (Lipinski definition) is 2. The Balaban J connectivity index is 1.67. The number of benzene rings is 1. The largest absolute Gasteiger partial charge is 0.393 e. The summed E-state index contributed by atoms with van der Waals surface area (Å²) in [5, 5.41) is 13.0. The third-order valence-electron chi connectivity index (χ3n) is 5.42. The summed E-state index contributed by atoms with van der Waals surface area (Å²) in [5.41, 5.74) is 1.93. The predicted octanol–water partition coefficient (Wildman–Crippen LogP) is 2.25. The zero-order valence-electron chi connectivity index (χ0n) is 15.3. The first-order chi connectivity index (χ1) is 12.2. The standard InChI is InChI=1S/C20H31N3O2/c1-2-13-23(18-7-11-21-12-8-18)20(25)16-3-5-17(6-4-16)22-14-9-19(24)10-15-22/h3-6,18-19,21,24H,2,7-15H2,1H3. The van der Waals surface area contributed by atoms with Crippen LogP contribution in [0.25, 0.3) is 0 Å². The van der Waals surface area contributed by atoms with Gasteiger partial charge in [0.15, 0.2) is 0 Å². The first kappa shape index (κ1) is 18.2. The third kappa shape index (κ3) is 4.53. The highest BCUT2D eigenvalue weighted by molar-refractivity contribution is 5.94. The number of anilines is 1. The molecule has 0 spiro atoms. The van der Waals surface area contributed by atoms with Crippen LogP contribution in [0.1, 0.15) is 49.4 Å². The molecule has 0 aliphatic carbocycles. The predicted molar refractivity (Wildman–Crippen MR) is 101 cm³/mol. The van der Waals surface area contributed by atoms with E-state index in [0.29, 0.717) is 6.04 Å². The monoisotopic (exact) mass is 345 g/mol. The van der Waals surface area contributed by atoms with Crippen LogP contribution >= 0.6 is 0 Å². The Morgan fingerprint density at radius 2 is 1.80 bits per heavy atom. The van der Waals surface area contributed by atoms with Crippen LogP contribution in [0.4, 0.5) is 5.69 Å². The van der Waals surface area contributed by atoms with Gasteiger partial charge in [0.25, 0.3) is 5.91 Å². The fourth-order valence-electron chi connectivity index (χ4n) is 3.91. The summed E-state index contributed by atoms with van der Waals surface area (Å²) in [6, 6.07) is 8.39. The van der Waals surface area contributed by atoms with Gasteiger partial charge in [-0.15, -0.1) is 0 Å². The Labute approximate surface area is 151 Å². The molecule has 0 saturated carbocycles. The summed E-state index contributed by atoms with van der Waals surface area (Å²) < 4.78 is 0. The van der Waals surface area contributed by atoms with Crippen LogP contribution in [-0.4, -0.2) is 60.8 Å². The Morgan fingerprint density at radius 1 is 1.16 bits per heavy atom. The Hall–Kier alpha value is -1.59. The summed E-state index contributed by atoms with van der Waals surface area (Å²) >= 11 is 0. The second kappa shape index (κ2) is 8.68. The van der Waals surface area contributed by atoms with Crippen LogP contribution < -0.4 is 10.2 Å². The molecular weight excluding hydrogens is 314 g/mol. The summed E-state index contributed by atoms with van der Waals surface area (Å²) in [5.74, 6) is 0.161. The molecule has 2 heterocycles. The van der Waals surface area contributed by atoms with Crippen LogP contribution in [-0.2, 0) is 0 Å². The number of carbonyl (C=O) groups excluding carboxylic acids is 1. The highest BCUT2D eigenvalue weighted by Gasteiger charge is 2.25. The van der Waals surface area contributed by atoms with Crippen LogP contribution in [0.5, 0.6) is 0 Å². The maximum atomic E-state index is 13.0. The molecule has 0 radical (unpaired) electrons. The number of aliphatic hydroxyl groups excluding tert-OH is 1. The van der Waals surface area contributed by atoms with Crippen molar-refractivity contribution in [2.75, 3.05) is 37.6 Å². The van der Waals surface area contributed by atoms with Gasteiger partial charge in [0.05, 0.1) is 6.10 Å². The number of aliphatic hydroxyl groups is 1. The molecule has 1 amide bonds. The Bertz CT molecular complexity index is 547. The van der Waals surface area contributed by atoms with Crippen molar-refractivity contribution >= 4 is 11.6 Å². The number of piperidine rings is 2. The molecule has 138 valence electrons. The molecule has 2 saturated heterocycles. The second-order valence-corrected chi connectivity index (χ2v) is 7.24. The van der Waals surface area contributed by atoms with Crippen molar-refractivity contribution in [1.82, 2.24) is 10.2 Å². The second-order valence-electron chi connectivity index (χ2n) is 7.24. The number of hydrogen-bond acceptors (Lipinski definition) is 4. The van der Waals surface area contributed by atoms with Crippen LogP contribution in [0, 0.1) is 0 Å². The molecular formula is C20H31N3O2. The van der Waals surface area contributed by atoms with Gasteiger partial charge in [-0.3, -0.25) is 4.79 Å². The lowest BCUT2D eigenvalue weighted by Crippen LogP contribution is -2.46. The number of nitrogens with zero attached hydrogens (tertiary/aromatic N) is 2. The molecule has 25 heavy (non-hydrogen) atoms. The van der Waals surface area contributed by atoms with E-state index in [9.17, 15) is 9.90 Å². The molecule has 2 N–H and O–H groups in total. The van der Waals surface area contributed by atoms with Gasteiger partial charge in [0.2, 0.25) is 0 Å². The summed E-state index contributed by atoms with van der Waals surface area (Å²) in [7, 11) is 0. The number of rotatable bonds is 5. The topological polar surface area (TPSA) is 55.8 Å². The average Bonchev–Trinajstić information content (AvgIpc) is 2.67. The molecule has 5 heteroatoms. The van der Waals surface area contributed by atoms with Crippen molar-refractivity contribution in [1.29, 1.82) is 0 Å². The smallest absolute Gasteiger partial charge is 0.254 e. The van der Waals surface area contributed by atoms with Gasteiger partial charge >= 0.3 is 0 Å². The zero-order valence-corrected chi connectivity index (χ0v) is 15.3. The minimum Gasteiger partial charge on any atom is -0.393 e. The van der Waals surface area contributed by atoms with E-state index in [0.717, 1.165) is 76.1 Å². The summed E-state index contributed by atoms with van der Waals surface area (Å²) in [6.45, 7) is 6.72. The Morgan fingerprint density at radius 3 is 2.40 bits per heavy atom. The maximum Gasteiger partial charge on any atom is 0.254 e. The number of nitrogens with one attached hydrogen (secondary N) is 1. The van der Waals surface area contributed by atoms with Crippen LogP contribution in [0.2, 0.25) is 0 Å². The lowest BCUT2D eigenvalue weighted by Gasteiger charge is -2.35. The maximum absolute atomic E-state index is 13.0. The van der Waals surface area contributed by atoms with Gasteiger partial charge in [0.1, 0.15) is 0 Å². The molecule has 5 nitrogen and oxygen atoms in total. The van der Waals surface area contributed by atoms with E-state index in [4.69, 9.17) is 0 Å². The fourth-order valence-corrected chi connectivity index (χ4v) is 3.91. The lowest BCUT2D eigenvalue weighted by atomic mass is 10.0. The Kier molecular flexibility index (Phi) is 6.32. The van der Waals surface area contributed by atoms with E-state index in [1.54, 1.807) is 0 Å². The quantitative estimate of drug-likeness (QED) is 0.859. The number of amides is 1. The van der Waals surface area contributed by atoms with E-state index in [1.165, 1.54) is 0 Å². The van der Waals surface area contributed by atoms with E-state index >= 15 is 0 Å². The molecule has 0 atom stereocenters. The van der Waals surface area contributed by atoms with Gasteiger partial charge in [-0.1, -0.05) is 6.92 Å². The molecule has 2 aliphatic heterocycles. The SMILES string of the molecule is CCCN(C(=O)c1ccc(N2CCC(O)CC2)cc1)C1CCNCC1. The van der Waals surface area contributed by atoms with E-state index in [2.05, 4.69) is 34.2 Å². The highest BCUT2D eigenvalue weighted by Crippen LogP contribution is 2.22. The zero-order chi connectivity index (χ0) is 17.6. The number of carbonyl (C=O) groups is 1. The molecule has 0 bridgehead atoms. The van der Waals surface area contributed by atoms with E-state index in [1.807, 2.05) is 12.1 Å². The normalized spacial score (nSPS) is 19.8. The molecule has 2 aliphatic rings. The van der Waals surface area contributed by atoms with Gasteiger partial charge in [0, 0.05) is 36.9 Å². The minimum absolute atomic E-state index is 0.161. The van der Waals surface area contributed by atoms with Gasteiger partial charge in [-0.05, 0) is 69.5 Å². The molecule has 1 aromatic carbocycles. The molecule has 2 fully saturated rings. The van der Waals surface area contributed by atoms with Gasteiger partial charge < -0.3 is 20.2 Å². The first-order valence-electron chi connectivity index (χ1n) is 9.73. The molecule has 0 unspecified atom stereocenters. The first-order valence-corrected chi connectivity index (χ1v) is 9.73. The van der Waals surface area contributed by atoms with E-state index < -0.39 is 0 Å². The van der Waals surface area contributed by atoms with Crippen molar-refractivity contribution < 1.29 is 9.90 Å². The molecule has 3 rings (SSSR count). The fraction of sp³-hybridized carbons (Fsp3) is 0.650. The van der Waals surface area contributed by atoms with Gasteiger partial charge in [-0.2, -0.15) is 0 Å². The van der Waals surface area contributed by atoms with Crippen molar-refractivity contribution in [2.24, 2.45) is 0 Å². The molecule has 1 aromatic rings. The summed E-state index contributed by atoms with van der Waals surface area (Å²) in [4.78, 5) is 17.4. The minimum atomic E-state index is -0.162. The van der Waals surface area contributed by atoms with E-state index in [-0.39, 0.29) is 12.0 Å². The van der Waals surface area contributed by atoms with Crippen molar-refractivity contribution in [3.63, 3.8) is 0 Å².